The molecule has 0 unspecified atom stereocenters. The number of rotatable bonds is 6. The van der Waals surface area contributed by atoms with Crippen LogP contribution in [-0.2, 0) is 11.3 Å². The van der Waals surface area contributed by atoms with Crippen molar-refractivity contribution < 1.29 is 14.0 Å². The summed E-state index contributed by atoms with van der Waals surface area (Å²) in [4.78, 5) is 28.3. The summed E-state index contributed by atoms with van der Waals surface area (Å²) in [5, 5.41) is 5.50. The molecule has 0 aliphatic carbocycles. The Bertz CT molecular complexity index is 609. The Morgan fingerprint density at radius 3 is 2.68 bits per heavy atom. The molecule has 2 aromatic rings. The van der Waals surface area contributed by atoms with E-state index in [9.17, 15) is 9.59 Å². The van der Waals surface area contributed by atoms with Gasteiger partial charge in [0.2, 0.25) is 5.91 Å². The van der Waals surface area contributed by atoms with Crippen molar-refractivity contribution in [2.75, 3.05) is 0 Å². The van der Waals surface area contributed by atoms with Crippen LogP contribution in [0.15, 0.2) is 47.3 Å². The number of nitrogens with one attached hydrogen (secondary N) is 2. The fourth-order valence-electron chi connectivity index (χ4n) is 1.95. The molecule has 0 saturated heterocycles. The van der Waals surface area contributed by atoms with E-state index in [4.69, 9.17) is 4.42 Å². The van der Waals surface area contributed by atoms with Crippen molar-refractivity contribution in [1.29, 1.82) is 0 Å². The summed E-state index contributed by atoms with van der Waals surface area (Å²) in [6.45, 7) is 4.04. The number of nitrogens with zero attached hydrogens (tertiary/aromatic N) is 1. The highest BCUT2D eigenvalue weighted by Crippen LogP contribution is 2.06. The topological polar surface area (TPSA) is 84.2 Å². The second-order valence-electron chi connectivity index (χ2n) is 5.23. The third-order valence-electron chi connectivity index (χ3n) is 3.18. The first-order chi connectivity index (χ1) is 10.6. The van der Waals surface area contributed by atoms with Gasteiger partial charge in [0.25, 0.3) is 5.91 Å². The van der Waals surface area contributed by atoms with Crippen molar-refractivity contribution in [2.45, 2.75) is 26.4 Å². The first-order valence-corrected chi connectivity index (χ1v) is 7.09. The SMILES string of the molecule is CC(C)[C@H](NC(=O)c1cccnc1)C(=O)NCc1ccco1. The largest absolute Gasteiger partial charge is 0.467 e. The smallest absolute Gasteiger partial charge is 0.253 e. The summed E-state index contributed by atoms with van der Waals surface area (Å²) in [6.07, 6.45) is 4.60. The normalized spacial score (nSPS) is 12.0. The standard InChI is InChI=1S/C16H19N3O3/c1-11(2)14(16(21)18-10-13-6-4-8-22-13)19-15(20)12-5-3-7-17-9-12/h3-9,11,14H,10H2,1-2H3,(H,18,21)(H,19,20)/t14-/m0/s1. The number of carbonyl (C=O) groups excluding carboxylic acids is 2. The fourth-order valence-corrected chi connectivity index (χ4v) is 1.95. The maximum absolute atomic E-state index is 12.3. The van der Waals surface area contributed by atoms with Crippen molar-refractivity contribution in [3.63, 3.8) is 0 Å². The van der Waals surface area contributed by atoms with E-state index in [0.717, 1.165) is 0 Å². The van der Waals surface area contributed by atoms with E-state index in [-0.39, 0.29) is 24.3 Å². The molecule has 0 spiro atoms. The molecular weight excluding hydrogens is 282 g/mol. The van der Waals surface area contributed by atoms with E-state index < -0.39 is 6.04 Å². The molecule has 0 aliphatic heterocycles. The van der Waals surface area contributed by atoms with Crippen LogP contribution in [-0.4, -0.2) is 22.8 Å². The van der Waals surface area contributed by atoms with Gasteiger partial charge in [-0.1, -0.05) is 13.8 Å². The van der Waals surface area contributed by atoms with Crippen LogP contribution in [0.5, 0.6) is 0 Å². The zero-order valence-corrected chi connectivity index (χ0v) is 12.6. The minimum atomic E-state index is -0.623. The Hall–Kier alpha value is -2.63. The number of hydrogen-bond donors (Lipinski definition) is 2. The van der Waals surface area contributed by atoms with Gasteiger partial charge in [-0.25, -0.2) is 0 Å². The van der Waals surface area contributed by atoms with Crippen LogP contribution in [0.1, 0.15) is 30.0 Å². The first kappa shape index (κ1) is 15.8. The summed E-state index contributed by atoms with van der Waals surface area (Å²) < 4.78 is 5.16. The lowest BCUT2D eigenvalue weighted by Crippen LogP contribution is -2.49. The summed E-state index contributed by atoms with van der Waals surface area (Å²) >= 11 is 0. The second-order valence-corrected chi connectivity index (χ2v) is 5.23. The van der Waals surface area contributed by atoms with Crippen molar-refractivity contribution in [1.82, 2.24) is 15.6 Å². The van der Waals surface area contributed by atoms with E-state index in [1.54, 1.807) is 36.7 Å². The number of furan rings is 1. The zero-order valence-electron chi connectivity index (χ0n) is 12.6. The monoisotopic (exact) mass is 301 g/mol. The molecule has 0 aliphatic rings. The molecule has 116 valence electrons. The molecule has 2 heterocycles. The highest BCUT2D eigenvalue weighted by atomic mass is 16.3. The quantitative estimate of drug-likeness (QED) is 0.851. The molecule has 0 fully saturated rings. The van der Waals surface area contributed by atoms with E-state index in [0.29, 0.717) is 11.3 Å². The van der Waals surface area contributed by atoms with Crippen LogP contribution < -0.4 is 10.6 Å². The Kier molecular flexibility index (Phi) is 5.30. The number of aromatic nitrogens is 1. The number of carbonyl (C=O) groups is 2. The molecule has 2 amide bonds. The maximum atomic E-state index is 12.3. The lowest BCUT2D eigenvalue weighted by Gasteiger charge is -2.21. The maximum Gasteiger partial charge on any atom is 0.253 e. The Morgan fingerprint density at radius 2 is 2.09 bits per heavy atom. The number of amides is 2. The van der Waals surface area contributed by atoms with Gasteiger partial charge in [-0.2, -0.15) is 0 Å². The van der Waals surface area contributed by atoms with Gasteiger partial charge in [-0.05, 0) is 30.2 Å². The first-order valence-electron chi connectivity index (χ1n) is 7.09. The van der Waals surface area contributed by atoms with E-state index in [1.165, 1.54) is 6.20 Å². The van der Waals surface area contributed by atoms with Gasteiger partial charge >= 0.3 is 0 Å². The van der Waals surface area contributed by atoms with Crippen molar-refractivity contribution in [3.8, 4) is 0 Å². The zero-order chi connectivity index (χ0) is 15.9. The molecule has 0 radical (unpaired) electrons. The van der Waals surface area contributed by atoms with Gasteiger partial charge in [0, 0.05) is 12.4 Å². The van der Waals surface area contributed by atoms with Gasteiger partial charge in [-0.15, -0.1) is 0 Å². The minimum absolute atomic E-state index is 0.0442. The molecule has 2 rings (SSSR count). The van der Waals surface area contributed by atoms with Gasteiger partial charge in [0.05, 0.1) is 18.4 Å². The van der Waals surface area contributed by atoms with Gasteiger partial charge in [0.15, 0.2) is 0 Å². The predicted molar refractivity (Wildman–Crippen MR) is 80.9 cm³/mol. The predicted octanol–water partition coefficient (Wildman–Crippen LogP) is 1.75. The molecule has 22 heavy (non-hydrogen) atoms. The van der Waals surface area contributed by atoms with E-state index in [1.807, 2.05) is 13.8 Å². The van der Waals surface area contributed by atoms with Crippen LogP contribution in [0.4, 0.5) is 0 Å². The van der Waals surface area contributed by atoms with E-state index >= 15 is 0 Å². The molecule has 0 saturated carbocycles. The summed E-state index contributed by atoms with van der Waals surface area (Å²) in [5.74, 6) is 0.0512. The number of pyridine rings is 1. The molecule has 0 aromatic carbocycles. The minimum Gasteiger partial charge on any atom is -0.467 e. The number of hydrogen-bond acceptors (Lipinski definition) is 4. The highest BCUT2D eigenvalue weighted by Gasteiger charge is 2.24. The Balaban J connectivity index is 1.97. The molecule has 2 aromatic heterocycles. The third-order valence-corrected chi connectivity index (χ3v) is 3.18. The molecule has 1 atom stereocenters. The van der Waals surface area contributed by atoms with Crippen LogP contribution >= 0.6 is 0 Å². The Labute approximate surface area is 128 Å². The fraction of sp³-hybridized carbons (Fsp3) is 0.312. The van der Waals surface area contributed by atoms with Crippen molar-refractivity contribution in [3.05, 3.63) is 54.2 Å². The third kappa shape index (κ3) is 4.18. The molecular formula is C16H19N3O3. The van der Waals surface area contributed by atoms with Gasteiger partial charge in [0.1, 0.15) is 11.8 Å². The van der Waals surface area contributed by atoms with Crippen LogP contribution in [0.2, 0.25) is 0 Å². The highest BCUT2D eigenvalue weighted by molar-refractivity contribution is 5.97. The summed E-state index contributed by atoms with van der Waals surface area (Å²) in [5.41, 5.74) is 0.423. The second kappa shape index (κ2) is 7.40. The molecule has 6 heteroatoms. The molecule has 2 N–H and O–H groups in total. The van der Waals surface area contributed by atoms with Crippen LogP contribution in [0.3, 0.4) is 0 Å². The van der Waals surface area contributed by atoms with Gasteiger partial charge < -0.3 is 15.1 Å². The average molecular weight is 301 g/mol. The molecule has 6 nitrogen and oxygen atoms in total. The summed E-state index contributed by atoms with van der Waals surface area (Å²) in [7, 11) is 0. The average Bonchev–Trinajstić information content (AvgIpc) is 3.04. The van der Waals surface area contributed by atoms with Crippen molar-refractivity contribution in [2.24, 2.45) is 5.92 Å². The molecule has 0 bridgehead atoms. The van der Waals surface area contributed by atoms with E-state index in [2.05, 4.69) is 15.6 Å². The van der Waals surface area contributed by atoms with Crippen LogP contribution in [0.25, 0.3) is 0 Å². The Morgan fingerprint density at radius 1 is 1.27 bits per heavy atom. The van der Waals surface area contributed by atoms with Crippen LogP contribution in [0, 0.1) is 5.92 Å². The van der Waals surface area contributed by atoms with Crippen molar-refractivity contribution >= 4 is 11.8 Å². The summed E-state index contributed by atoms with van der Waals surface area (Å²) in [6, 6.07) is 6.24. The lowest BCUT2D eigenvalue weighted by molar-refractivity contribution is -0.124. The lowest BCUT2D eigenvalue weighted by atomic mass is 10.0. The van der Waals surface area contributed by atoms with Gasteiger partial charge in [-0.3, -0.25) is 14.6 Å².